The minimum absolute atomic E-state index is 0.0659. The van der Waals surface area contributed by atoms with E-state index < -0.39 is 23.8 Å². The molecule has 55 heavy (non-hydrogen) atoms. The Bertz CT molecular complexity index is 1980. The van der Waals surface area contributed by atoms with Gasteiger partial charge in [-0.2, -0.15) is 0 Å². The van der Waals surface area contributed by atoms with Crippen LogP contribution in [-0.4, -0.2) is 104 Å². The van der Waals surface area contributed by atoms with E-state index in [2.05, 4.69) is 49.5 Å². The Balaban J connectivity index is 1.08. The number of alkyl carbamates (subject to hydrolysis) is 1. The number of nitrogens with zero attached hydrogens (tertiary/aromatic N) is 5. The molecule has 2 saturated heterocycles. The molecule has 4 amide bonds. The predicted octanol–water partition coefficient (Wildman–Crippen LogP) is 6.71. The number of amides is 4. The van der Waals surface area contributed by atoms with Crippen LogP contribution in [0.1, 0.15) is 84.0 Å². The van der Waals surface area contributed by atoms with Gasteiger partial charge in [-0.05, 0) is 74.6 Å². The van der Waals surface area contributed by atoms with Crippen LogP contribution in [0.25, 0.3) is 33.6 Å². The number of hydrogen-bond acceptors (Lipinski definition) is 8. The topological polar surface area (TPSA) is 166 Å². The summed E-state index contributed by atoms with van der Waals surface area (Å²) in [7, 11) is 2.86. The molecule has 1 unspecified atom stereocenters. The minimum Gasteiger partial charge on any atom is -0.453 e. The van der Waals surface area contributed by atoms with Crippen molar-refractivity contribution >= 4 is 24.0 Å². The number of hydrogen-bond donors (Lipinski definition) is 3. The van der Waals surface area contributed by atoms with Crippen molar-refractivity contribution in [2.45, 2.75) is 84.0 Å². The van der Waals surface area contributed by atoms with Crippen molar-refractivity contribution in [1.82, 2.24) is 40.0 Å². The first-order valence-electron chi connectivity index (χ1n) is 18.9. The SMILES string of the molecule is COC(=O)NC(C(=O)N1CCC[C@H]1c1ncc(-c2ccc(-c3ccc(-c4cnc([C@@H]5CCCN5C(=O)CN(C)C(=O)OC(C)(C)C)[nH]4)cc3)cc2)[nH]1)C(C)C. The smallest absolute Gasteiger partial charge is 0.410 e. The van der Waals surface area contributed by atoms with Crippen LogP contribution in [0.15, 0.2) is 60.9 Å². The molecular formula is C41H52N8O6. The number of methoxy groups -OCH3 is 1. The van der Waals surface area contributed by atoms with Crippen molar-refractivity contribution in [2.24, 2.45) is 5.92 Å². The van der Waals surface area contributed by atoms with E-state index in [4.69, 9.17) is 9.47 Å². The highest BCUT2D eigenvalue weighted by atomic mass is 16.6. The van der Waals surface area contributed by atoms with Crippen LogP contribution >= 0.6 is 0 Å². The van der Waals surface area contributed by atoms with Gasteiger partial charge >= 0.3 is 12.2 Å². The second-order valence-electron chi connectivity index (χ2n) is 15.6. The number of nitrogens with one attached hydrogen (secondary N) is 3. The fourth-order valence-corrected chi connectivity index (χ4v) is 7.23. The molecule has 2 fully saturated rings. The molecule has 2 aromatic carbocycles. The fourth-order valence-electron chi connectivity index (χ4n) is 7.23. The zero-order chi connectivity index (χ0) is 39.4. The molecule has 4 aromatic rings. The van der Waals surface area contributed by atoms with Gasteiger partial charge in [0.1, 0.15) is 29.8 Å². The quantitative estimate of drug-likeness (QED) is 0.161. The number of rotatable bonds is 10. The Kier molecular flexibility index (Phi) is 11.6. The van der Waals surface area contributed by atoms with Crippen molar-refractivity contribution in [3.05, 3.63) is 72.6 Å². The summed E-state index contributed by atoms with van der Waals surface area (Å²) in [5.41, 5.74) is 5.15. The number of imidazole rings is 2. The lowest BCUT2D eigenvalue weighted by Crippen LogP contribution is -2.51. The van der Waals surface area contributed by atoms with Crippen LogP contribution in [0, 0.1) is 5.92 Å². The normalized spacial score (nSPS) is 17.7. The number of aromatic amines is 2. The van der Waals surface area contributed by atoms with Crippen molar-refractivity contribution in [3.63, 3.8) is 0 Å². The summed E-state index contributed by atoms with van der Waals surface area (Å²) in [4.78, 5) is 72.2. The molecule has 2 aliphatic heterocycles. The van der Waals surface area contributed by atoms with E-state index in [0.29, 0.717) is 13.1 Å². The summed E-state index contributed by atoms with van der Waals surface area (Å²) in [6.45, 7) is 10.3. The number of carbonyl (C=O) groups excluding carboxylic acids is 4. The molecule has 0 radical (unpaired) electrons. The Labute approximate surface area is 322 Å². The molecule has 0 aliphatic carbocycles. The summed E-state index contributed by atoms with van der Waals surface area (Å²) in [6, 6.07) is 15.4. The number of carbonyl (C=O) groups is 4. The molecule has 2 aliphatic rings. The molecule has 2 aromatic heterocycles. The largest absolute Gasteiger partial charge is 0.453 e. The lowest BCUT2D eigenvalue weighted by Gasteiger charge is -2.30. The molecule has 0 bridgehead atoms. The van der Waals surface area contributed by atoms with Crippen LogP contribution < -0.4 is 5.32 Å². The third-order valence-electron chi connectivity index (χ3n) is 10.1. The molecule has 6 rings (SSSR count). The lowest BCUT2D eigenvalue weighted by molar-refractivity contribution is -0.135. The van der Waals surface area contributed by atoms with Crippen molar-refractivity contribution in [1.29, 1.82) is 0 Å². The first-order chi connectivity index (χ1) is 26.2. The second kappa shape index (κ2) is 16.4. The van der Waals surface area contributed by atoms with Crippen LogP contribution in [0.4, 0.5) is 9.59 Å². The van der Waals surface area contributed by atoms with E-state index in [1.165, 1.54) is 12.0 Å². The molecule has 3 atom stereocenters. The average Bonchev–Trinajstić information content (AvgIpc) is 3.99. The third kappa shape index (κ3) is 9.01. The molecule has 4 heterocycles. The second-order valence-corrected chi connectivity index (χ2v) is 15.6. The Morgan fingerprint density at radius 2 is 1.29 bits per heavy atom. The summed E-state index contributed by atoms with van der Waals surface area (Å²) in [6.07, 6.45) is 5.72. The number of aromatic nitrogens is 4. The van der Waals surface area contributed by atoms with Gasteiger partial charge in [0.25, 0.3) is 0 Å². The molecule has 292 valence electrons. The third-order valence-corrected chi connectivity index (χ3v) is 10.1. The number of ether oxygens (including phenoxy) is 2. The number of H-pyrrole nitrogens is 2. The van der Waals surface area contributed by atoms with Crippen molar-refractivity contribution in [2.75, 3.05) is 33.8 Å². The van der Waals surface area contributed by atoms with Crippen molar-refractivity contribution < 1.29 is 28.7 Å². The average molecular weight is 753 g/mol. The van der Waals surface area contributed by atoms with Gasteiger partial charge in [0.15, 0.2) is 0 Å². The maximum absolute atomic E-state index is 13.5. The van der Waals surface area contributed by atoms with Gasteiger partial charge < -0.3 is 39.5 Å². The van der Waals surface area contributed by atoms with Gasteiger partial charge in [-0.1, -0.05) is 62.4 Å². The number of benzene rings is 2. The lowest BCUT2D eigenvalue weighted by atomic mass is 10.0. The van der Waals surface area contributed by atoms with Crippen LogP contribution in [0.3, 0.4) is 0 Å². The molecule has 3 N–H and O–H groups in total. The van der Waals surface area contributed by atoms with E-state index in [1.54, 1.807) is 50.0 Å². The molecule has 0 saturated carbocycles. The minimum atomic E-state index is -0.687. The highest BCUT2D eigenvalue weighted by molar-refractivity contribution is 5.86. The summed E-state index contributed by atoms with van der Waals surface area (Å²) < 4.78 is 10.2. The van der Waals surface area contributed by atoms with Gasteiger partial charge in [0.2, 0.25) is 11.8 Å². The van der Waals surface area contributed by atoms with E-state index in [0.717, 1.165) is 71.0 Å². The van der Waals surface area contributed by atoms with Gasteiger partial charge in [0, 0.05) is 20.1 Å². The fraction of sp³-hybridized carbons (Fsp3) is 0.463. The standard InChI is InChI=1S/C41H52N8O6/c1-25(2)35(46-39(52)54-7)38(51)49-21-9-11-33(49)37-43-23-31(45-37)29-18-14-27(15-19-29)26-12-16-28(17-13-26)30-22-42-36(44-30)32-10-8-20-48(32)34(50)24-47(6)40(53)55-41(3,4)5/h12-19,22-23,25,32-33,35H,8-11,20-21,24H2,1-7H3,(H,42,44)(H,43,45)(H,46,52)/t32-,33-,35?/m0/s1. The zero-order valence-electron chi connectivity index (χ0n) is 32.7. The van der Waals surface area contributed by atoms with Gasteiger partial charge in [0.05, 0.1) is 43.0 Å². The van der Waals surface area contributed by atoms with Gasteiger partial charge in [-0.25, -0.2) is 19.6 Å². The Morgan fingerprint density at radius 1 is 0.818 bits per heavy atom. The maximum Gasteiger partial charge on any atom is 0.410 e. The van der Waals surface area contributed by atoms with E-state index >= 15 is 0 Å². The molecular weight excluding hydrogens is 701 g/mol. The molecule has 14 nitrogen and oxygen atoms in total. The Morgan fingerprint density at radius 3 is 1.76 bits per heavy atom. The van der Waals surface area contributed by atoms with E-state index in [-0.39, 0.29) is 36.4 Å². The molecule has 14 heteroatoms. The summed E-state index contributed by atoms with van der Waals surface area (Å²) in [5, 5.41) is 2.69. The van der Waals surface area contributed by atoms with Gasteiger partial charge in [-0.15, -0.1) is 0 Å². The van der Waals surface area contributed by atoms with Crippen LogP contribution in [-0.2, 0) is 19.1 Å². The van der Waals surface area contributed by atoms with Crippen LogP contribution in [0.5, 0.6) is 0 Å². The zero-order valence-corrected chi connectivity index (χ0v) is 32.7. The predicted molar refractivity (Wildman–Crippen MR) is 207 cm³/mol. The van der Waals surface area contributed by atoms with Crippen LogP contribution in [0.2, 0.25) is 0 Å². The number of likely N-dealkylation sites (N-methyl/N-ethyl adjacent to an activating group) is 1. The summed E-state index contributed by atoms with van der Waals surface area (Å²) in [5.74, 6) is 1.06. The highest BCUT2D eigenvalue weighted by Crippen LogP contribution is 2.35. The van der Waals surface area contributed by atoms with E-state index in [9.17, 15) is 19.2 Å². The number of likely N-dealkylation sites (tertiary alicyclic amines) is 2. The summed E-state index contributed by atoms with van der Waals surface area (Å²) >= 11 is 0. The van der Waals surface area contributed by atoms with Crippen molar-refractivity contribution in [3.8, 4) is 33.6 Å². The first-order valence-corrected chi connectivity index (χ1v) is 18.9. The highest BCUT2D eigenvalue weighted by Gasteiger charge is 2.38. The molecule has 0 spiro atoms. The monoisotopic (exact) mass is 752 g/mol. The van der Waals surface area contributed by atoms with E-state index in [1.807, 2.05) is 38.1 Å². The maximum atomic E-state index is 13.5. The van der Waals surface area contributed by atoms with Gasteiger partial charge in [-0.3, -0.25) is 9.59 Å². The first kappa shape index (κ1) is 39.0. The Hall–Kier alpha value is -5.66.